The number of ether oxygens (including phenoxy) is 1. The minimum absolute atomic E-state index is 0.187. The van der Waals surface area contributed by atoms with Crippen LogP contribution < -0.4 is 11.3 Å². The Kier molecular flexibility index (Phi) is 5.52. The van der Waals surface area contributed by atoms with E-state index in [9.17, 15) is 0 Å². The largest absolute Gasteiger partial charge is 0.375 e. The third-order valence-corrected chi connectivity index (χ3v) is 7.29. The van der Waals surface area contributed by atoms with Crippen molar-refractivity contribution in [3.8, 4) is 0 Å². The van der Waals surface area contributed by atoms with Crippen LogP contribution >= 0.6 is 11.8 Å². The molecular formula is C17H32N2OS. The first-order valence-electron chi connectivity index (χ1n) is 8.94. The average Bonchev–Trinajstić information content (AvgIpc) is 2.98. The SMILES string of the molecule is CCC1CCC(C(NN)C2CCOC3(CCSCC3)C2)C1. The van der Waals surface area contributed by atoms with Gasteiger partial charge in [-0.15, -0.1) is 0 Å². The van der Waals surface area contributed by atoms with E-state index in [-0.39, 0.29) is 5.60 Å². The lowest BCUT2D eigenvalue weighted by Gasteiger charge is -2.46. The Morgan fingerprint density at radius 1 is 1.24 bits per heavy atom. The molecule has 4 atom stereocenters. The number of nitrogens with two attached hydrogens (primary N) is 1. The third-order valence-electron chi connectivity index (χ3n) is 6.30. The Labute approximate surface area is 134 Å². The predicted octanol–water partition coefficient (Wildman–Crippen LogP) is 3.34. The summed E-state index contributed by atoms with van der Waals surface area (Å²) in [5.74, 6) is 11.0. The molecule has 3 rings (SSSR count). The second-order valence-electron chi connectivity index (χ2n) is 7.44. The van der Waals surface area contributed by atoms with E-state index >= 15 is 0 Å². The van der Waals surface area contributed by atoms with Gasteiger partial charge in [0, 0.05) is 12.6 Å². The molecule has 0 aromatic rings. The highest BCUT2D eigenvalue weighted by Gasteiger charge is 2.43. The first-order valence-corrected chi connectivity index (χ1v) is 10.1. The zero-order valence-corrected chi connectivity index (χ0v) is 14.3. The maximum absolute atomic E-state index is 6.25. The first-order chi connectivity index (χ1) is 10.3. The standard InChI is InChI=1S/C17H32N2OS/c1-2-13-3-4-14(11-13)16(19-18)15-5-8-20-17(12-15)6-9-21-10-7-17/h13-16,19H,2-12,18H2,1H3. The van der Waals surface area contributed by atoms with Crippen LogP contribution in [0.2, 0.25) is 0 Å². The normalized spacial score (nSPS) is 37.7. The number of rotatable bonds is 4. The Hall–Kier alpha value is 0.230. The molecule has 3 nitrogen and oxygen atoms in total. The van der Waals surface area contributed by atoms with E-state index in [1.807, 2.05) is 0 Å². The fourth-order valence-electron chi connectivity index (χ4n) is 4.93. The molecule has 0 radical (unpaired) electrons. The van der Waals surface area contributed by atoms with Gasteiger partial charge in [-0.2, -0.15) is 11.8 Å². The maximum atomic E-state index is 6.25. The van der Waals surface area contributed by atoms with Gasteiger partial charge in [0.15, 0.2) is 0 Å². The molecule has 1 spiro atoms. The van der Waals surface area contributed by atoms with Crippen LogP contribution in [0.5, 0.6) is 0 Å². The molecule has 0 aromatic carbocycles. The highest BCUT2D eigenvalue weighted by Crippen LogP contribution is 2.44. The molecule has 2 aliphatic heterocycles. The van der Waals surface area contributed by atoms with Crippen LogP contribution in [0.25, 0.3) is 0 Å². The molecule has 0 amide bonds. The molecule has 1 saturated carbocycles. The molecule has 122 valence electrons. The molecule has 0 bridgehead atoms. The van der Waals surface area contributed by atoms with E-state index in [2.05, 4.69) is 24.1 Å². The van der Waals surface area contributed by atoms with Crippen LogP contribution in [0.4, 0.5) is 0 Å². The Morgan fingerprint density at radius 2 is 2.05 bits per heavy atom. The van der Waals surface area contributed by atoms with Gasteiger partial charge in [0.25, 0.3) is 0 Å². The van der Waals surface area contributed by atoms with E-state index < -0.39 is 0 Å². The van der Waals surface area contributed by atoms with Crippen molar-refractivity contribution in [2.24, 2.45) is 23.6 Å². The molecule has 3 fully saturated rings. The van der Waals surface area contributed by atoms with Crippen molar-refractivity contribution < 1.29 is 4.74 Å². The predicted molar refractivity (Wildman–Crippen MR) is 90.2 cm³/mol. The molecule has 21 heavy (non-hydrogen) atoms. The molecule has 3 aliphatic rings. The van der Waals surface area contributed by atoms with Crippen molar-refractivity contribution in [3.05, 3.63) is 0 Å². The van der Waals surface area contributed by atoms with E-state index in [1.165, 1.54) is 62.9 Å². The second kappa shape index (κ2) is 7.20. The zero-order chi connectivity index (χ0) is 14.7. The number of thioether (sulfide) groups is 1. The van der Waals surface area contributed by atoms with Gasteiger partial charge in [-0.25, -0.2) is 0 Å². The summed E-state index contributed by atoms with van der Waals surface area (Å²) < 4.78 is 6.25. The average molecular weight is 313 g/mol. The van der Waals surface area contributed by atoms with Crippen LogP contribution in [0.1, 0.15) is 58.3 Å². The van der Waals surface area contributed by atoms with Crippen LogP contribution in [-0.2, 0) is 4.74 Å². The number of hydrazine groups is 1. The number of hydrogen-bond donors (Lipinski definition) is 2. The summed E-state index contributed by atoms with van der Waals surface area (Å²) in [6.45, 7) is 3.28. The van der Waals surface area contributed by atoms with Gasteiger partial charge in [0.2, 0.25) is 0 Å². The number of nitrogens with one attached hydrogen (secondary N) is 1. The minimum Gasteiger partial charge on any atom is -0.375 e. The fourth-order valence-corrected chi connectivity index (χ4v) is 6.17. The van der Waals surface area contributed by atoms with Crippen molar-refractivity contribution in [2.75, 3.05) is 18.1 Å². The van der Waals surface area contributed by atoms with Crippen LogP contribution in [0, 0.1) is 17.8 Å². The quantitative estimate of drug-likeness (QED) is 0.617. The Bertz CT molecular complexity index is 327. The minimum atomic E-state index is 0.187. The van der Waals surface area contributed by atoms with Crippen LogP contribution in [0.15, 0.2) is 0 Å². The van der Waals surface area contributed by atoms with Crippen LogP contribution in [0.3, 0.4) is 0 Å². The highest BCUT2D eigenvalue weighted by atomic mass is 32.2. The smallest absolute Gasteiger partial charge is 0.0701 e. The van der Waals surface area contributed by atoms with Gasteiger partial charge in [0.1, 0.15) is 0 Å². The number of hydrogen-bond acceptors (Lipinski definition) is 4. The zero-order valence-electron chi connectivity index (χ0n) is 13.5. The van der Waals surface area contributed by atoms with Crippen molar-refractivity contribution in [2.45, 2.75) is 69.9 Å². The van der Waals surface area contributed by atoms with Gasteiger partial charge in [0.05, 0.1) is 5.60 Å². The molecular weight excluding hydrogens is 280 g/mol. The van der Waals surface area contributed by atoms with E-state index in [4.69, 9.17) is 10.6 Å². The summed E-state index contributed by atoms with van der Waals surface area (Å²) in [4.78, 5) is 0. The third kappa shape index (κ3) is 3.60. The summed E-state index contributed by atoms with van der Waals surface area (Å²) >= 11 is 2.09. The first kappa shape index (κ1) is 16.1. The monoisotopic (exact) mass is 312 g/mol. The molecule has 1 aliphatic carbocycles. The van der Waals surface area contributed by atoms with Gasteiger partial charge >= 0.3 is 0 Å². The molecule has 2 saturated heterocycles. The van der Waals surface area contributed by atoms with Gasteiger partial charge in [-0.05, 0) is 67.8 Å². The summed E-state index contributed by atoms with van der Waals surface area (Å²) in [6, 6.07) is 0.511. The lowest BCUT2D eigenvalue weighted by atomic mass is 9.75. The fraction of sp³-hybridized carbons (Fsp3) is 1.00. The topological polar surface area (TPSA) is 47.3 Å². The molecule has 3 N–H and O–H groups in total. The van der Waals surface area contributed by atoms with Crippen molar-refractivity contribution in [3.63, 3.8) is 0 Å². The Morgan fingerprint density at radius 3 is 2.71 bits per heavy atom. The lowest BCUT2D eigenvalue weighted by molar-refractivity contribution is -0.110. The van der Waals surface area contributed by atoms with Gasteiger partial charge in [-0.3, -0.25) is 11.3 Å². The second-order valence-corrected chi connectivity index (χ2v) is 8.66. The Balaban J connectivity index is 1.63. The summed E-state index contributed by atoms with van der Waals surface area (Å²) in [6.07, 6.45) is 10.4. The lowest BCUT2D eigenvalue weighted by Crippen LogP contribution is -2.52. The van der Waals surface area contributed by atoms with Gasteiger partial charge in [-0.1, -0.05) is 19.8 Å². The van der Waals surface area contributed by atoms with E-state index in [0.717, 1.165) is 18.4 Å². The van der Waals surface area contributed by atoms with Crippen molar-refractivity contribution in [1.82, 2.24) is 5.43 Å². The summed E-state index contributed by atoms with van der Waals surface area (Å²) in [7, 11) is 0. The highest BCUT2D eigenvalue weighted by molar-refractivity contribution is 7.99. The summed E-state index contributed by atoms with van der Waals surface area (Å²) in [5.41, 5.74) is 3.41. The maximum Gasteiger partial charge on any atom is 0.0701 e. The van der Waals surface area contributed by atoms with Crippen molar-refractivity contribution >= 4 is 11.8 Å². The van der Waals surface area contributed by atoms with Crippen LogP contribution in [-0.4, -0.2) is 29.8 Å². The molecule has 4 heteroatoms. The molecule has 4 unspecified atom stereocenters. The van der Waals surface area contributed by atoms with E-state index in [0.29, 0.717) is 12.0 Å². The molecule has 2 heterocycles. The summed E-state index contributed by atoms with van der Waals surface area (Å²) in [5, 5.41) is 0. The van der Waals surface area contributed by atoms with Crippen molar-refractivity contribution in [1.29, 1.82) is 0 Å². The molecule has 0 aromatic heterocycles. The van der Waals surface area contributed by atoms with Gasteiger partial charge < -0.3 is 4.74 Å². The van der Waals surface area contributed by atoms with E-state index in [1.54, 1.807) is 0 Å².